The number of piperidine rings is 1. The Kier molecular flexibility index (Phi) is 3.87. The minimum Gasteiger partial charge on any atom is -0.338 e. The molecule has 1 aliphatic rings. The van der Waals surface area contributed by atoms with Crippen LogP contribution in [0.15, 0.2) is 28.7 Å². The van der Waals surface area contributed by atoms with Gasteiger partial charge in [0.05, 0.1) is 0 Å². The molecule has 17 heavy (non-hydrogen) atoms. The first-order valence-corrected chi connectivity index (χ1v) is 6.90. The Balaban J connectivity index is 2.11. The molecule has 1 fully saturated rings. The molecule has 1 aromatic carbocycles. The molecule has 3 heteroatoms. The van der Waals surface area contributed by atoms with Gasteiger partial charge in [0, 0.05) is 23.1 Å². The van der Waals surface area contributed by atoms with Gasteiger partial charge in [-0.25, -0.2) is 0 Å². The Morgan fingerprint density at radius 3 is 2.24 bits per heavy atom. The van der Waals surface area contributed by atoms with Crippen molar-refractivity contribution >= 4 is 21.8 Å². The van der Waals surface area contributed by atoms with Crippen molar-refractivity contribution in [3.8, 4) is 0 Å². The minimum absolute atomic E-state index is 0.163. The molecule has 0 saturated carbocycles. The molecule has 2 rings (SSSR count). The lowest BCUT2D eigenvalue weighted by molar-refractivity contribution is 0.0623. The zero-order chi connectivity index (χ0) is 12.4. The second kappa shape index (κ2) is 5.21. The summed E-state index contributed by atoms with van der Waals surface area (Å²) >= 11 is 3.38. The number of carbonyl (C=O) groups is 1. The Morgan fingerprint density at radius 2 is 1.71 bits per heavy atom. The Hall–Kier alpha value is -0.830. The summed E-state index contributed by atoms with van der Waals surface area (Å²) in [4.78, 5) is 14.3. The zero-order valence-electron chi connectivity index (χ0n) is 10.3. The van der Waals surface area contributed by atoms with Crippen LogP contribution in [0.25, 0.3) is 0 Å². The fraction of sp³-hybridized carbons (Fsp3) is 0.500. The van der Waals surface area contributed by atoms with Gasteiger partial charge < -0.3 is 4.90 Å². The molecule has 0 N–H and O–H groups in total. The Bertz CT molecular complexity index is 391. The molecule has 0 radical (unpaired) electrons. The third kappa shape index (κ3) is 3.09. The summed E-state index contributed by atoms with van der Waals surface area (Å²) in [6.07, 6.45) is 1.23. The highest BCUT2D eigenvalue weighted by molar-refractivity contribution is 9.10. The van der Waals surface area contributed by atoms with Gasteiger partial charge in [0.15, 0.2) is 0 Å². The van der Waals surface area contributed by atoms with Crippen LogP contribution in [0, 0.1) is 11.8 Å². The van der Waals surface area contributed by atoms with E-state index in [1.807, 2.05) is 29.2 Å². The molecule has 92 valence electrons. The quantitative estimate of drug-likeness (QED) is 0.776. The second-order valence-corrected chi connectivity index (χ2v) is 6.08. The maximum atomic E-state index is 12.3. The minimum atomic E-state index is 0.163. The lowest BCUT2D eigenvalue weighted by atomic mass is 9.91. The Labute approximate surface area is 111 Å². The molecule has 0 bridgehead atoms. The highest BCUT2D eigenvalue weighted by atomic mass is 79.9. The van der Waals surface area contributed by atoms with Gasteiger partial charge in [-0.2, -0.15) is 0 Å². The van der Waals surface area contributed by atoms with Gasteiger partial charge in [-0.1, -0.05) is 29.8 Å². The first kappa shape index (κ1) is 12.6. The average Bonchev–Trinajstić information content (AvgIpc) is 2.28. The first-order valence-electron chi connectivity index (χ1n) is 6.11. The Morgan fingerprint density at radius 1 is 1.18 bits per heavy atom. The van der Waals surface area contributed by atoms with Gasteiger partial charge in [0.2, 0.25) is 0 Å². The maximum Gasteiger partial charge on any atom is 0.253 e. The van der Waals surface area contributed by atoms with Gasteiger partial charge in [0.1, 0.15) is 0 Å². The number of likely N-dealkylation sites (tertiary alicyclic amines) is 1. The molecule has 0 spiro atoms. The van der Waals surface area contributed by atoms with Crippen molar-refractivity contribution in [3.05, 3.63) is 34.3 Å². The van der Waals surface area contributed by atoms with Crippen molar-refractivity contribution < 1.29 is 4.79 Å². The van der Waals surface area contributed by atoms with E-state index in [9.17, 15) is 4.79 Å². The van der Waals surface area contributed by atoms with E-state index in [1.165, 1.54) is 6.42 Å². The van der Waals surface area contributed by atoms with Gasteiger partial charge >= 0.3 is 0 Å². The van der Waals surface area contributed by atoms with E-state index in [0.29, 0.717) is 11.8 Å². The highest BCUT2D eigenvalue weighted by Crippen LogP contribution is 2.22. The lowest BCUT2D eigenvalue weighted by Gasteiger charge is -2.35. The number of amides is 1. The van der Waals surface area contributed by atoms with Gasteiger partial charge in [-0.3, -0.25) is 4.79 Å². The molecule has 0 aromatic heterocycles. The summed E-state index contributed by atoms with van der Waals surface area (Å²) in [5.74, 6) is 1.38. The summed E-state index contributed by atoms with van der Waals surface area (Å²) in [7, 11) is 0. The SMILES string of the molecule is CC1C[C@@H](C)CN(C(=O)c2ccc(Br)cc2)C1. The fourth-order valence-corrected chi connectivity index (χ4v) is 2.87. The molecule has 2 nitrogen and oxygen atoms in total. The number of halogens is 1. The molecular weight excluding hydrogens is 278 g/mol. The van der Waals surface area contributed by atoms with E-state index in [-0.39, 0.29) is 5.91 Å². The summed E-state index contributed by atoms with van der Waals surface area (Å²) in [5.41, 5.74) is 0.787. The number of nitrogens with zero attached hydrogens (tertiary/aromatic N) is 1. The van der Waals surface area contributed by atoms with Crippen molar-refractivity contribution in [1.29, 1.82) is 0 Å². The van der Waals surface area contributed by atoms with E-state index >= 15 is 0 Å². The first-order chi connectivity index (χ1) is 8.06. The fourth-order valence-electron chi connectivity index (χ4n) is 2.60. The topological polar surface area (TPSA) is 20.3 Å². The van der Waals surface area contributed by atoms with Gasteiger partial charge in [-0.15, -0.1) is 0 Å². The van der Waals surface area contributed by atoms with Crippen molar-refractivity contribution in [3.63, 3.8) is 0 Å². The van der Waals surface area contributed by atoms with E-state index < -0.39 is 0 Å². The molecule has 1 amide bonds. The largest absolute Gasteiger partial charge is 0.338 e. The van der Waals surface area contributed by atoms with Crippen LogP contribution >= 0.6 is 15.9 Å². The normalized spacial score (nSPS) is 24.8. The van der Waals surface area contributed by atoms with Crippen LogP contribution in [0.5, 0.6) is 0 Å². The number of hydrogen-bond donors (Lipinski definition) is 0. The summed E-state index contributed by atoms with van der Waals surface area (Å²) in [6, 6.07) is 7.61. The smallest absolute Gasteiger partial charge is 0.253 e. The average molecular weight is 296 g/mol. The van der Waals surface area contributed by atoms with Crippen LogP contribution < -0.4 is 0 Å². The van der Waals surface area contributed by atoms with E-state index in [1.54, 1.807) is 0 Å². The summed E-state index contributed by atoms with van der Waals surface area (Å²) in [6.45, 7) is 6.22. The number of hydrogen-bond acceptors (Lipinski definition) is 1. The highest BCUT2D eigenvalue weighted by Gasteiger charge is 2.25. The summed E-state index contributed by atoms with van der Waals surface area (Å²) in [5, 5.41) is 0. The van der Waals surface area contributed by atoms with Gasteiger partial charge in [-0.05, 0) is 42.5 Å². The third-order valence-electron chi connectivity index (χ3n) is 3.25. The zero-order valence-corrected chi connectivity index (χ0v) is 11.9. The van der Waals surface area contributed by atoms with Crippen LogP contribution in [0.3, 0.4) is 0 Å². The molecule has 2 atom stereocenters. The lowest BCUT2D eigenvalue weighted by Crippen LogP contribution is -2.42. The van der Waals surface area contributed by atoms with Crippen LogP contribution in [0.4, 0.5) is 0 Å². The third-order valence-corrected chi connectivity index (χ3v) is 3.78. The predicted octanol–water partition coefficient (Wildman–Crippen LogP) is 3.57. The van der Waals surface area contributed by atoms with E-state index in [2.05, 4.69) is 29.8 Å². The van der Waals surface area contributed by atoms with Crippen molar-refractivity contribution in [2.24, 2.45) is 11.8 Å². The summed E-state index contributed by atoms with van der Waals surface area (Å²) < 4.78 is 1.01. The van der Waals surface area contributed by atoms with Crippen molar-refractivity contribution in [1.82, 2.24) is 4.90 Å². The van der Waals surface area contributed by atoms with Crippen molar-refractivity contribution in [2.75, 3.05) is 13.1 Å². The molecule has 1 saturated heterocycles. The van der Waals surface area contributed by atoms with E-state index in [0.717, 1.165) is 23.1 Å². The number of rotatable bonds is 1. The molecule has 1 unspecified atom stereocenters. The van der Waals surface area contributed by atoms with Crippen LogP contribution in [-0.2, 0) is 0 Å². The van der Waals surface area contributed by atoms with Crippen LogP contribution in [0.2, 0.25) is 0 Å². The standard InChI is InChI=1S/C14H18BrNO/c1-10-7-11(2)9-16(8-10)14(17)12-3-5-13(15)6-4-12/h3-6,10-11H,7-9H2,1-2H3/t10-,11?/m1/s1. The van der Waals surface area contributed by atoms with Crippen LogP contribution in [0.1, 0.15) is 30.6 Å². The molecular formula is C14H18BrNO. The monoisotopic (exact) mass is 295 g/mol. The maximum absolute atomic E-state index is 12.3. The molecule has 0 aliphatic carbocycles. The predicted molar refractivity (Wildman–Crippen MR) is 73.0 cm³/mol. The molecule has 1 heterocycles. The van der Waals surface area contributed by atoms with Gasteiger partial charge in [0.25, 0.3) is 5.91 Å². The number of benzene rings is 1. The van der Waals surface area contributed by atoms with Crippen LogP contribution in [-0.4, -0.2) is 23.9 Å². The van der Waals surface area contributed by atoms with E-state index in [4.69, 9.17) is 0 Å². The molecule has 1 aromatic rings. The second-order valence-electron chi connectivity index (χ2n) is 5.16. The number of carbonyl (C=O) groups excluding carboxylic acids is 1. The van der Waals surface area contributed by atoms with Crippen molar-refractivity contribution in [2.45, 2.75) is 20.3 Å². The molecule has 1 aliphatic heterocycles.